The molecule has 0 saturated carbocycles. The van der Waals surface area contributed by atoms with Gasteiger partial charge in [0.1, 0.15) is 0 Å². The lowest BCUT2D eigenvalue weighted by molar-refractivity contribution is 0.208. The molecule has 0 amide bonds. The highest BCUT2D eigenvalue weighted by Gasteiger charge is 2.23. The summed E-state index contributed by atoms with van der Waals surface area (Å²) in [6.45, 7) is 12.1. The highest BCUT2D eigenvalue weighted by atomic mass is 16.5. The second kappa shape index (κ2) is 10.3. The number of hydrogen-bond acceptors (Lipinski definition) is 3. The van der Waals surface area contributed by atoms with Gasteiger partial charge in [0.25, 0.3) is 0 Å². The predicted octanol–water partition coefficient (Wildman–Crippen LogP) is 3.19. The van der Waals surface area contributed by atoms with Gasteiger partial charge in [-0.25, -0.2) is 4.99 Å². The number of hydrogen-bond donors (Lipinski definition) is 2. The van der Waals surface area contributed by atoms with E-state index in [0.29, 0.717) is 13.2 Å². The van der Waals surface area contributed by atoms with Crippen molar-refractivity contribution in [1.82, 2.24) is 10.2 Å². The smallest absolute Gasteiger partial charge is 0.194 e. The first-order chi connectivity index (χ1) is 12.1. The van der Waals surface area contributed by atoms with Crippen molar-refractivity contribution in [2.24, 2.45) is 16.8 Å². The Bertz CT molecular complexity index is 519. The zero-order chi connectivity index (χ0) is 18.1. The van der Waals surface area contributed by atoms with E-state index in [0.717, 1.165) is 49.7 Å². The minimum Gasteiger partial charge on any atom is -0.383 e. The van der Waals surface area contributed by atoms with Gasteiger partial charge in [-0.3, -0.25) is 0 Å². The molecule has 1 aromatic carbocycles. The number of benzene rings is 1. The molecule has 1 aliphatic heterocycles. The van der Waals surface area contributed by atoms with Crippen LogP contribution < -0.4 is 10.6 Å². The molecule has 1 saturated heterocycles. The second-order valence-corrected chi connectivity index (χ2v) is 7.14. The van der Waals surface area contributed by atoms with Crippen molar-refractivity contribution < 1.29 is 4.74 Å². The number of likely N-dealkylation sites (tertiary alicyclic amines) is 1. The first-order valence-corrected chi connectivity index (χ1v) is 9.47. The van der Waals surface area contributed by atoms with E-state index in [1.165, 1.54) is 12.0 Å². The lowest BCUT2D eigenvalue weighted by Crippen LogP contribution is -2.48. The van der Waals surface area contributed by atoms with Crippen molar-refractivity contribution in [3.8, 4) is 0 Å². The van der Waals surface area contributed by atoms with Crippen LogP contribution in [0, 0.1) is 11.8 Å². The molecule has 1 aromatic rings. The summed E-state index contributed by atoms with van der Waals surface area (Å²) in [6, 6.07) is 8.50. The molecule has 5 heteroatoms. The van der Waals surface area contributed by atoms with Crippen LogP contribution in [0.3, 0.4) is 0 Å². The average molecular weight is 347 g/mol. The van der Waals surface area contributed by atoms with Gasteiger partial charge in [-0.15, -0.1) is 0 Å². The molecule has 5 nitrogen and oxygen atoms in total. The van der Waals surface area contributed by atoms with Gasteiger partial charge in [0.2, 0.25) is 0 Å². The molecule has 25 heavy (non-hydrogen) atoms. The summed E-state index contributed by atoms with van der Waals surface area (Å²) in [5.41, 5.74) is 2.35. The fourth-order valence-corrected chi connectivity index (χ4v) is 3.45. The van der Waals surface area contributed by atoms with Gasteiger partial charge >= 0.3 is 0 Å². The summed E-state index contributed by atoms with van der Waals surface area (Å²) in [5.74, 6) is 2.50. The van der Waals surface area contributed by atoms with Crippen molar-refractivity contribution >= 4 is 11.6 Å². The zero-order valence-electron chi connectivity index (χ0n) is 16.2. The van der Waals surface area contributed by atoms with Crippen molar-refractivity contribution in [1.29, 1.82) is 0 Å². The fraction of sp³-hybridized carbons (Fsp3) is 0.650. The molecular weight excluding hydrogens is 312 g/mol. The Morgan fingerprint density at radius 1 is 1.20 bits per heavy atom. The summed E-state index contributed by atoms with van der Waals surface area (Å²) >= 11 is 0. The Kier molecular flexibility index (Phi) is 8.06. The first kappa shape index (κ1) is 19.6. The number of methoxy groups -OCH3 is 1. The topological polar surface area (TPSA) is 48.9 Å². The van der Waals surface area contributed by atoms with Crippen molar-refractivity contribution in [2.75, 3.05) is 45.2 Å². The van der Waals surface area contributed by atoms with E-state index in [4.69, 9.17) is 9.73 Å². The Balaban J connectivity index is 1.96. The van der Waals surface area contributed by atoms with Gasteiger partial charge in [-0.2, -0.15) is 0 Å². The van der Waals surface area contributed by atoms with Crippen molar-refractivity contribution in [3.63, 3.8) is 0 Å². The average Bonchev–Trinajstić information content (AvgIpc) is 2.59. The monoisotopic (exact) mass is 346 g/mol. The molecule has 1 aliphatic rings. The summed E-state index contributed by atoms with van der Waals surface area (Å²) in [6.07, 6.45) is 1.31. The lowest BCUT2D eigenvalue weighted by Gasteiger charge is -2.37. The maximum absolute atomic E-state index is 5.06. The van der Waals surface area contributed by atoms with E-state index in [1.54, 1.807) is 7.11 Å². The van der Waals surface area contributed by atoms with Gasteiger partial charge in [-0.05, 0) is 42.9 Å². The molecule has 2 rings (SSSR count). The van der Waals surface area contributed by atoms with Gasteiger partial charge in [0.15, 0.2) is 5.96 Å². The molecule has 1 fully saturated rings. The number of guanidine groups is 1. The maximum atomic E-state index is 5.06. The largest absolute Gasteiger partial charge is 0.383 e. The van der Waals surface area contributed by atoms with Crippen LogP contribution in [0.4, 0.5) is 5.69 Å². The summed E-state index contributed by atoms with van der Waals surface area (Å²) in [7, 11) is 1.72. The molecule has 0 radical (unpaired) electrons. The maximum Gasteiger partial charge on any atom is 0.194 e. The Hall–Kier alpha value is -1.75. The van der Waals surface area contributed by atoms with Gasteiger partial charge in [-0.1, -0.05) is 26.0 Å². The molecule has 2 N–H and O–H groups in total. The van der Waals surface area contributed by atoms with Crippen LogP contribution in [-0.4, -0.2) is 50.8 Å². The van der Waals surface area contributed by atoms with Gasteiger partial charge in [0.05, 0.1) is 13.2 Å². The van der Waals surface area contributed by atoms with Gasteiger partial charge < -0.3 is 20.3 Å². The van der Waals surface area contributed by atoms with Crippen LogP contribution >= 0.6 is 0 Å². The van der Waals surface area contributed by atoms with Crippen LogP contribution in [0.25, 0.3) is 0 Å². The molecular formula is C20H34N4O. The van der Waals surface area contributed by atoms with Crippen LogP contribution in [0.15, 0.2) is 29.3 Å². The summed E-state index contributed by atoms with van der Waals surface area (Å²) in [5, 5.41) is 6.80. The molecule has 0 bridgehead atoms. The predicted molar refractivity (Wildman–Crippen MR) is 106 cm³/mol. The highest BCUT2D eigenvalue weighted by molar-refractivity contribution is 5.80. The molecule has 0 spiro atoms. The Morgan fingerprint density at radius 3 is 2.48 bits per heavy atom. The summed E-state index contributed by atoms with van der Waals surface area (Å²) < 4.78 is 5.06. The Labute approximate surface area is 152 Å². The van der Waals surface area contributed by atoms with E-state index >= 15 is 0 Å². The van der Waals surface area contributed by atoms with Crippen molar-refractivity contribution in [2.45, 2.75) is 33.7 Å². The molecule has 1 heterocycles. The Morgan fingerprint density at radius 2 is 1.88 bits per heavy atom. The van der Waals surface area contributed by atoms with Crippen LogP contribution in [-0.2, 0) is 11.3 Å². The van der Waals surface area contributed by atoms with E-state index in [-0.39, 0.29) is 0 Å². The van der Waals surface area contributed by atoms with Crippen molar-refractivity contribution in [3.05, 3.63) is 29.8 Å². The van der Waals surface area contributed by atoms with E-state index < -0.39 is 0 Å². The number of ether oxygens (including phenoxy) is 1. The molecule has 0 aromatic heterocycles. The van der Waals surface area contributed by atoms with E-state index in [2.05, 4.69) is 60.6 Å². The number of piperidine rings is 1. The second-order valence-electron chi connectivity index (χ2n) is 7.14. The normalized spacial score (nSPS) is 21.3. The number of nitrogens with one attached hydrogen (secondary N) is 2. The quantitative estimate of drug-likeness (QED) is 0.452. The summed E-state index contributed by atoms with van der Waals surface area (Å²) in [4.78, 5) is 7.29. The number of rotatable bonds is 7. The number of anilines is 1. The first-order valence-electron chi connectivity index (χ1n) is 9.47. The fourth-order valence-electron chi connectivity index (χ4n) is 3.45. The minimum atomic E-state index is 0.708. The van der Waals surface area contributed by atoms with Gasteiger partial charge in [0, 0.05) is 39.0 Å². The SMILES string of the molecule is CCNC(=NCc1ccc(NCCOC)cc1)N1CC(C)CC(C)C1. The molecule has 2 unspecified atom stereocenters. The van der Waals surface area contributed by atoms with Crippen LogP contribution in [0.1, 0.15) is 32.8 Å². The highest BCUT2D eigenvalue weighted by Crippen LogP contribution is 2.21. The molecule has 140 valence electrons. The number of aliphatic imine (C=N–C) groups is 1. The lowest BCUT2D eigenvalue weighted by atomic mass is 9.92. The molecule has 0 aliphatic carbocycles. The van der Waals surface area contributed by atoms with E-state index in [1.807, 2.05) is 0 Å². The standard InChI is InChI=1S/C20H34N4O/c1-5-21-20(24-14-16(2)12-17(3)15-24)23-13-18-6-8-19(9-7-18)22-10-11-25-4/h6-9,16-17,22H,5,10-15H2,1-4H3,(H,21,23). The van der Waals surface area contributed by atoms with E-state index in [9.17, 15) is 0 Å². The molecule has 2 atom stereocenters. The number of nitrogens with zero attached hydrogens (tertiary/aromatic N) is 2. The third-order valence-electron chi connectivity index (χ3n) is 4.50. The van der Waals surface area contributed by atoms with Crippen LogP contribution in [0.2, 0.25) is 0 Å². The third-order valence-corrected chi connectivity index (χ3v) is 4.50. The van der Waals surface area contributed by atoms with Crippen LogP contribution in [0.5, 0.6) is 0 Å². The third kappa shape index (κ3) is 6.58. The minimum absolute atomic E-state index is 0.708. The zero-order valence-corrected chi connectivity index (χ0v) is 16.2.